The molecular formula is C19H29N3O2. The van der Waals surface area contributed by atoms with Crippen molar-refractivity contribution in [1.82, 2.24) is 10.2 Å². The van der Waals surface area contributed by atoms with Crippen molar-refractivity contribution in [3.63, 3.8) is 0 Å². The molecule has 0 bridgehead atoms. The van der Waals surface area contributed by atoms with E-state index in [4.69, 9.17) is 4.74 Å². The number of amides is 1. The van der Waals surface area contributed by atoms with E-state index in [1.54, 1.807) is 0 Å². The maximum atomic E-state index is 12.8. The summed E-state index contributed by atoms with van der Waals surface area (Å²) in [7, 11) is 2.12. The summed E-state index contributed by atoms with van der Waals surface area (Å²) in [5.41, 5.74) is 2.46. The number of nitrogens with one attached hydrogen (secondary N) is 1. The Hall–Kier alpha value is -1.59. The van der Waals surface area contributed by atoms with Gasteiger partial charge in [0.05, 0.1) is 12.6 Å². The van der Waals surface area contributed by atoms with Crippen LogP contribution in [0.15, 0.2) is 24.3 Å². The van der Waals surface area contributed by atoms with E-state index >= 15 is 0 Å². The summed E-state index contributed by atoms with van der Waals surface area (Å²) in [5.74, 6) is 0.185. The van der Waals surface area contributed by atoms with Crippen molar-refractivity contribution in [2.75, 3.05) is 38.2 Å². The van der Waals surface area contributed by atoms with Crippen LogP contribution in [0.2, 0.25) is 0 Å². The van der Waals surface area contributed by atoms with Crippen LogP contribution in [-0.2, 0) is 16.1 Å². The lowest BCUT2D eigenvalue weighted by Gasteiger charge is -2.31. The van der Waals surface area contributed by atoms with Crippen molar-refractivity contribution >= 4 is 11.6 Å². The summed E-state index contributed by atoms with van der Waals surface area (Å²) in [6, 6.07) is 8.64. The zero-order valence-corrected chi connectivity index (χ0v) is 14.8. The number of benzene rings is 1. The van der Waals surface area contributed by atoms with Gasteiger partial charge in [0.15, 0.2) is 0 Å². The molecule has 1 saturated heterocycles. The van der Waals surface area contributed by atoms with Gasteiger partial charge in [-0.3, -0.25) is 4.79 Å². The third-order valence-corrected chi connectivity index (χ3v) is 5.13. The Bertz CT molecular complexity index is 557. The van der Waals surface area contributed by atoms with Gasteiger partial charge in [0, 0.05) is 45.0 Å². The maximum absolute atomic E-state index is 12.8. The van der Waals surface area contributed by atoms with Crippen molar-refractivity contribution in [1.29, 1.82) is 0 Å². The molecule has 0 radical (unpaired) electrons. The molecule has 1 amide bonds. The van der Waals surface area contributed by atoms with Crippen LogP contribution in [0.3, 0.4) is 0 Å². The van der Waals surface area contributed by atoms with Crippen molar-refractivity contribution in [3.05, 3.63) is 29.8 Å². The highest BCUT2D eigenvalue weighted by atomic mass is 16.5. The van der Waals surface area contributed by atoms with Gasteiger partial charge in [-0.05, 0) is 30.9 Å². The van der Waals surface area contributed by atoms with E-state index in [0.717, 1.165) is 39.0 Å². The van der Waals surface area contributed by atoms with Crippen molar-refractivity contribution < 1.29 is 9.53 Å². The van der Waals surface area contributed by atoms with E-state index in [0.29, 0.717) is 13.1 Å². The van der Waals surface area contributed by atoms with Crippen molar-refractivity contribution in [3.8, 4) is 0 Å². The Kier molecular flexibility index (Phi) is 5.74. The van der Waals surface area contributed by atoms with Crippen LogP contribution in [0, 0.1) is 0 Å². The normalized spacial score (nSPS) is 23.9. The Morgan fingerprint density at radius 1 is 1.38 bits per heavy atom. The summed E-state index contributed by atoms with van der Waals surface area (Å²) in [4.78, 5) is 17.1. The second-order valence-electron chi connectivity index (χ2n) is 6.86. The minimum Gasteiger partial charge on any atom is -0.377 e. The molecule has 1 fully saturated rings. The van der Waals surface area contributed by atoms with Crippen LogP contribution < -0.4 is 10.2 Å². The van der Waals surface area contributed by atoms with Gasteiger partial charge >= 0.3 is 0 Å². The highest BCUT2D eigenvalue weighted by Gasteiger charge is 2.28. The zero-order chi connectivity index (χ0) is 16.9. The second-order valence-corrected chi connectivity index (χ2v) is 6.86. The molecule has 2 aliphatic heterocycles. The molecule has 1 aromatic carbocycles. The van der Waals surface area contributed by atoms with Gasteiger partial charge in [0.2, 0.25) is 5.91 Å². The predicted octanol–water partition coefficient (Wildman–Crippen LogP) is 2.01. The lowest BCUT2D eigenvalue weighted by Crippen LogP contribution is -2.47. The molecule has 0 unspecified atom stereocenters. The second kappa shape index (κ2) is 7.99. The summed E-state index contributed by atoms with van der Waals surface area (Å²) in [5, 5.41) is 3.29. The first-order chi connectivity index (χ1) is 11.7. The first-order valence-corrected chi connectivity index (χ1v) is 9.10. The van der Waals surface area contributed by atoms with Gasteiger partial charge in [0.1, 0.15) is 0 Å². The lowest BCUT2D eigenvalue weighted by molar-refractivity contribution is -0.133. The SMILES string of the molecule is CC[C@@H]1CN(C)c2ccccc2CN1C(=O)CNC[C@H]1CCCO1. The topological polar surface area (TPSA) is 44.8 Å². The first kappa shape index (κ1) is 17.2. The molecule has 5 nitrogen and oxygen atoms in total. The van der Waals surface area contributed by atoms with Gasteiger partial charge in [-0.25, -0.2) is 0 Å². The number of hydrogen-bond acceptors (Lipinski definition) is 4. The number of anilines is 1. The molecular weight excluding hydrogens is 302 g/mol. The molecule has 0 aliphatic carbocycles. The minimum absolute atomic E-state index is 0.185. The summed E-state index contributed by atoms with van der Waals surface area (Å²) < 4.78 is 5.61. The fourth-order valence-electron chi connectivity index (χ4n) is 3.73. The van der Waals surface area contributed by atoms with Gasteiger partial charge in [-0.2, -0.15) is 0 Å². The lowest BCUT2D eigenvalue weighted by atomic mass is 10.1. The predicted molar refractivity (Wildman–Crippen MR) is 96.2 cm³/mol. The molecule has 132 valence electrons. The molecule has 0 saturated carbocycles. The monoisotopic (exact) mass is 331 g/mol. The van der Waals surface area contributed by atoms with Crippen LogP contribution >= 0.6 is 0 Å². The Morgan fingerprint density at radius 3 is 2.96 bits per heavy atom. The van der Waals surface area contributed by atoms with E-state index in [2.05, 4.69) is 48.5 Å². The molecule has 3 rings (SSSR count). The number of para-hydroxylation sites is 1. The zero-order valence-electron chi connectivity index (χ0n) is 14.8. The summed E-state index contributed by atoms with van der Waals surface area (Å²) >= 11 is 0. The van der Waals surface area contributed by atoms with Gasteiger partial charge in [-0.15, -0.1) is 0 Å². The number of carbonyl (C=O) groups excluding carboxylic acids is 1. The van der Waals surface area contributed by atoms with Gasteiger partial charge in [0.25, 0.3) is 0 Å². The maximum Gasteiger partial charge on any atom is 0.237 e. The Labute approximate surface area is 145 Å². The van der Waals surface area contributed by atoms with Crippen molar-refractivity contribution in [2.24, 2.45) is 0 Å². The van der Waals surface area contributed by atoms with Gasteiger partial charge < -0.3 is 19.9 Å². The number of hydrogen-bond donors (Lipinski definition) is 1. The highest BCUT2D eigenvalue weighted by Crippen LogP contribution is 2.27. The average Bonchev–Trinajstić information content (AvgIpc) is 3.06. The van der Waals surface area contributed by atoms with Crippen LogP contribution in [0.1, 0.15) is 31.7 Å². The Morgan fingerprint density at radius 2 is 2.21 bits per heavy atom. The van der Waals surface area contributed by atoms with Crippen LogP contribution in [0.25, 0.3) is 0 Å². The number of nitrogens with zero attached hydrogens (tertiary/aromatic N) is 2. The smallest absolute Gasteiger partial charge is 0.237 e. The highest BCUT2D eigenvalue weighted by molar-refractivity contribution is 5.79. The quantitative estimate of drug-likeness (QED) is 0.896. The third-order valence-electron chi connectivity index (χ3n) is 5.13. The molecule has 2 heterocycles. The van der Waals surface area contributed by atoms with E-state index < -0.39 is 0 Å². The minimum atomic E-state index is 0.185. The third kappa shape index (κ3) is 3.90. The number of carbonyl (C=O) groups is 1. The number of fused-ring (bicyclic) bond motifs is 1. The average molecular weight is 331 g/mol. The summed E-state index contributed by atoms with van der Waals surface area (Å²) in [6.07, 6.45) is 3.47. The molecule has 0 spiro atoms. The Balaban J connectivity index is 1.64. The van der Waals surface area contributed by atoms with E-state index in [-0.39, 0.29) is 18.1 Å². The fourth-order valence-corrected chi connectivity index (χ4v) is 3.73. The van der Waals surface area contributed by atoms with Crippen LogP contribution in [-0.4, -0.2) is 56.2 Å². The first-order valence-electron chi connectivity index (χ1n) is 9.10. The number of ether oxygens (including phenoxy) is 1. The standard InChI is InChI=1S/C19H29N3O2/c1-3-16-14-21(2)18-9-5-4-7-15(18)13-22(16)19(23)12-20-11-17-8-6-10-24-17/h4-5,7,9,16-17,20H,3,6,8,10-14H2,1-2H3/t16-,17-/m1/s1. The van der Waals surface area contributed by atoms with E-state index in [9.17, 15) is 4.79 Å². The molecule has 24 heavy (non-hydrogen) atoms. The molecule has 0 aromatic heterocycles. The summed E-state index contributed by atoms with van der Waals surface area (Å²) in [6.45, 7) is 5.75. The van der Waals surface area contributed by atoms with E-state index in [1.807, 2.05) is 4.90 Å². The van der Waals surface area contributed by atoms with E-state index in [1.165, 1.54) is 11.3 Å². The number of likely N-dealkylation sites (N-methyl/N-ethyl adjacent to an activating group) is 1. The molecule has 5 heteroatoms. The van der Waals surface area contributed by atoms with Crippen molar-refractivity contribution in [2.45, 2.75) is 44.9 Å². The molecule has 2 atom stereocenters. The molecule has 1 N–H and O–H groups in total. The fraction of sp³-hybridized carbons (Fsp3) is 0.632. The largest absolute Gasteiger partial charge is 0.377 e. The van der Waals surface area contributed by atoms with Gasteiger partial charge in [-0.1, -0.05) is 25.1 Å². The number of rotatable bonds is 5. The van der Waals surface area contributed by atoms with Crippen LogP contribution in [0.5, 0.6) is 0 Å². The molecule has 2 aliphatic rings. The molecule has 1 aromatic rings. The van der Waals surface area contributed by atoms with Crippen LogP contribution in [0.4, 0.5) is 5.69 Å².